The predicted octanol–water partition coefficient (Wildman–Crippen LogP) is 3.29. The van der Waals surface area contributed by atoms with Crippen LogP contribution >= 0.6 is 38.5 Å². The molecule has 0 aromatic heterocycles. The van der Waals surface area contributed by atoms with E-state index in [1.807, 2.05) is 22.6 Å². The van der Waals surface area contributed by atoms with Crippen LogP contribution < -0.4 is 0 Å². The molecule has 0 spiro atoms. The molecule has 0 bridgehead atoms. The van der Waals surface area contributed by atoms with Crippen molar-refractivity contribution in [2.24, 2.45) is 0 Å². The summed E-state index contributed by atoms with van der Waals surface area (Å²) in [6.07, 6.45) is 2.42. The van der Waals surface area contributed by atoms with Gasteiger partial charge in [-0.2, -0.15) is 0 Å². The third-order valence-electron chi connectivity index (χ3n) is 1.47. The molecule has 0 saturated carbocycles. The van der Waals surface area contributed by atoms with Crippen LogP contribution in [0.3, 0.4) is 0 Å². The Kier molecular flexibility index (Phi) is 4.06. The molecule has 0 aliphatic rings. The number of carboxylic acids is 1. The summed E-state index contributed by atoms with van der Waals surface area (Å²) in [5, 5.41) is 8.41. The van der Waals surface area contributed by atoms with Gasteiger partial charge in [-0.25, -0.2) is 9.18 Å². The zero-order valence-corrected chi connectivity index (χ0v) is 10.5. The largest absolute Gasteiger partial charge is 0.478 e. The molecule has 0 aliphatic heterocycles. The SMILES string of the molecule is O=C(O)/C=C/c1ccc(F)c(I)c1Br. The van der Waals surface area contributed by atoms with Crippen LogP contribution in [0.15, 0.2) is 22.7 Å². The first kappa shape index (κ1) is 11.6. The topological polar surface area (TPSA) is 37.3 Å². The maximum absolute atomic E-state index is 13.0. The van der Waals surface area contributed by atoms with Crippen molar-refractivity contribution in [3.05, 3.63) is 37.6 Å². The highest BCUT2D eigenvalue weighted by Gasteiger charge is 2.06. The first-order valence-electron chi connectivity index (χ1n) is 3.57. The fourth-order valence-corrected chi connectivity index (χ4v) is 1.78. The van der Waals surface area contributed by atoms with Crippen molar-refractivity contribution >= 4 is 50.6 Å². The number of aliphatic carboxylic acids is 1. The third-order valence-corrected chi connectivity index (χ3v) is 4.12. The maximum atomic E-state index is 13.0. The predicted molar refractivity (Wildman–Crippen MR) is 63.5 cm³/mol. The van der Waals surface area contributed by atoms with Gasteiger partial charge in [0.2, 0.25) is 0 Å². The number of hydrogen-bond acceptors (Lipinski definition) is 1. The van der Waals surface area contributed by atoms with Crippen molar-refractivity contribution in [3.8, 4) is 0 Å². The van der Waals surface area contributed by atoms with Crippen LogP contribution in [0.1, 0.15) is 5.56 Å². The summed E-state index contributed by atoms with van der Waals surface area (Å²) in [5.41, 5.74) is 0.637. The summed E-state index contributed by atoms with van der Waals surface area (Å²) in [5.74, 6) is -1.36. The lowest BCUT2D eigenvalue weighted by molar-refractivity contribution is -0.131. The van der Waals surface area contributed by atoms with E-state index in [9.17, 15) is 9.18 Å². The van der Waals surface area contributed by atoms with Gasteiger partial charge in [0.05, 0.1) is 3.57 Å². The van der Waals surface area contributed by atoms with Crippen LogP contribution in [0, 0.1) is 9.39 Å². The fourth-order valence-electron chi connectivity index (χ4n) is 0.831. The van der Waals surface area contributed by atoms with Gasteiger partial charge in [-0.15, -0.1) is 0 Å². The van der Waals surface area contributed by atoms with E-state index >= 15 is 0 Å². The average molecular weight is 371 g/mol. The Morgan fingerprint density at radius 2 is 2.21 bits per heavy atom. The molecule has 0 aliphatic carbocycles. The van der Waals surface area contributed by atoms with Crippen LogP contribution in [-0.2, 0) is 4.79 Å². The second kappa shape index (κ2) is 4.88. The Labute approximate surface area is 102 Å². The van der Waals surface area contributed by atoms with Crippen molar-refractivity contribution in [2.45, 2.75) is 0 Å². The van der Waals surface area contributed by atoms with E-state index < -0.39 is 5.97 Å². The fraction of sp³-hybridized carbons (Fsp3) is 0. The van der Waals surface area contributed by atoms with E-state index in [4.69, 9.17) is 5.11 Å². The molecule has 1 aromatic carbocycles. The molecular weight excluding hydrogens is 366 g/mol. The van der Waals surface area contributed by atoms with E-state index in [2.05, 4.69) is 15.9 Å². The number of carbonyl (C=O) groups is 1. The van der Waals surface area contributed by atoms with Gasteiger partial charge in [0, 0.05) is 10.5 Å². The molecule has 14 heavy (non-hydrogen) atoms. The highest BCUT2D eigenvalue weighted by molar-refractivity contribution is 14.1. The monoisotopic (exact) mass is 370 g/mol. The maximum Gasteiger partial charge on any atom is 0.328 e. The first-order valence-corrected chi connectivity index (χ1v) is 5.44. The highest BCUT2D eigenvalue weighted by atomic mass is 127. The average Bonchev–Trinajstić information content (AvgIpc) is 2.13. The van der Waals surface area contributed by atoms with Gasteiger partial charge in [0.15, 0.2) is 0 Å². The van der Waals surface area contributed by atoms with Crippen LogP contribution in [0.2, 0.25) is 0 Å². The molecule has 1 rings (SSSR count). The quantitative estimate of drug-likeness (QED) is 0.492. The molecule has 0 unspecified atom stereocenters. The van der Waals surface area contributed by atoms with Gasteiger partial charge >= 0.3 is 5.97 Å². The molecule has 74 valence electrons. The van der Waals surface area contributed by atoms with E-state index in [1.165, 1.54) is 18.2 Å². The first-order chi connectivity index (χ1) is 6.52. The summed E-state index contributed by atoms with van der Waals surface area (Å²) in [6.45, 7) is 0. The normalized spacial score (nSPS) is 10.8. The molecule has 0 heterocycles. The lowest BCUT2D eigenvalue weighted by Crippen LogP contribution is -1.89. The smallest absolute Gasteiger partial charge is 0.328 e. The summed E-state index contributed by atoms with van der Waals surface area (Å²) in [4.78, 5) is 10.3. The number of hydrogen-bond donors (Lipinski definition) is 1. The van der Waals surface area contributed by atoms with Gasteiger partial charge in [-0.3, -0.25) is 0 Å². The lowest BCUT2D eigenvalue weighted by atomic mass is 10.2. The van der Waals surface area contributed by atoms with Gasteiger partial charge in [0.25, 0.3) is 0 Å². The van der Waals surface area contributed by atoms with Crippen LogP contribution in [0.5, 0.6) is 0 Å². The van der Waals surface area contributed by atoms with Crippen LogP contribution in [0.4, 0.5) is 4.39 Å². The number of carboxylic acid groups (broad SMARTS) is 1. The van der Waals surface area contributed by atoms with E-state index in [-0.39, 0.29) is 5.82 Å². The van der Waals surface area contributed by atoms with Gasteiger partial charge in [-0.05, 0) is 56.2 Å². The Balaban J connectivity index is 3.12. The second-order valence-electron chi connectivity index (χ2n) is 2.44. The summed E-state index contributed by atoms with van der Waals surface area (Å²) in [6, 6.07) is 2.81. The van der Waals surface area contributed by atoms with E-state index in [0.717, 1.165) is 6.08 Å². The standard InChI is InChI=1S/C9H5BrFIO2/c10-8-5(2-4-7(13)14)1-3-6(11)9(8)12/h1-4H,(H,13,14)/b4-2+. The van der Waals surface area contributed by atoms with E-state index in [1.54, 1.807) is 0 Å². The molecule has 1 N–H and O–H groups in total. The van der Waals surface area contributed by atoms with Crippen molar-refractivity contribution < 1.29 is 14.3 Å². The minimum absolute atomic E-state index is 0.329. The molecule has 0 saturated heterocycles. The molecule has 2 nitrogen and oxygen atoms in total. The lowest BCUT2D eigenvalue weighted by Gasteiger charge is -2.01. The molecule has 0 atom stereocenters. The minimum atomic E-state index is -1.03. The molecule has 0 amide bonds. The number of halogens is 3. The number of benzene rings is 1. The summed E-state index contributed by atoms with van der Waals surface area (Å²) in [7, 11) is 0. The Bertz CT molecular complexity index is 404. The molecule has 0 fully saturated rings. The van der Waals surface area contributed by atoms with Crippen LogP contribution in [-0.4, -0.2) is 11.1 Å². The number of rotatable bonds is 2. The molecule has 1 aromatic rings. The third kappa shape index (κ3) is 2.78. The second-order valence-corrected chi connectivity index (χ2v) is 4.31. The van der Waals surface area contributed by atoms with Crippen molar-refractivity contribution in [2.75, 3.05) is 0 Å². The van der Waals surface area contributed by atoms with Crippen molar-refractivity contribution in [1.82, 2.24) is 0 Å². The highest BCUT2D eigenvalue weighted by Crippen LogP contribution is 2.26. The van der Waals surface area contributed by atoms with Gasteiger partial charge < -0.3 is 5.11 Å². The van der Waals surface area contributed by atoms with Crippen molar-refractivity contribution in [1.29, 1.82) is 0 Å². The summed E-state index contributed by atoms with van der Waals surface area (Å²) < 4.78 is 14.0. The van der Waals surface area contributed by atoms with Crippen molar-refractivity contribution in [3.63, 3.8) is 0 Å². The Hall–Kier alpha value is -0.430. The molecule has 0 radical (unpaired) electrons. The van der Waals surface area contributed by atoms with Gasteiger partial charge in [0.1, 0.15) is 5.82 Å². The summed E-state index contributed by atoms with van der Waals surface area (Å²) >= 11 is 5.04. The Morgan fingerprint density at radius 3 is 2.79 bits per heavy atom. The zero-order chi connectivity index (χ0) is 10.7. The minimum Gasteiger partial charge on any atom is -0.478 e. The zero-order valence-electron chi connectivity index (χ0n) is 6.80. The van der Waals surface area contributed by atoms with Crippen LogP contribution in [0.25, 0.3) is 6.08 Å². The van der Waals surface area contributed by atoms with E-state index in [0.29, 0.717) is 13.6 Å². The van der Waals surface area contributed by atoms with Gasteiger partial charge in [-0.1, -0.05) is 6.07 Å². The Morgan fingerprint density at radius 1 is 1.57 bits per heavy atom. The molecule has 5 heteroatoms. The molecular formula is C9H5BrFIO2.